The molecule has 0 spiro atoms. The molecule has 6 rings (SSSR count). The monoisotopic (exact) mass is 587 g/mol. The van der Waals surface area contributed by atoms with Crippen molar-refractivity contribution in [2.24, 2.45) is 50.2 Å². The molecule has 0 aromatic heterocycles. The number of carbonyl (C=O) groups excluding carboxylic acids is 3. The third-order valence-corrected chi connectivity index (χ3v) is 14.4. The molecule has 5 aliphatic rings. The van der Waals surface area contributed by atoms with Crippen molar-refractivity contribution in [1.82, 2.24) is 5.06 Å². The molecule has 1 aromatic carbocycles. The fourth-order valence-electron chi connectivity index (χ4n) is 11.4. The molecular weight excluding hydrogens is 534 g/mol. The molecule has 0 saturated heterocycles. The third kappa shape index (κ3) is 4.30. The van der Waals surface area contributed by atoms with Crippen molar-refractivity contribution in [1.29, 1.82) is 0 Å². The van der Waals surface area contributed by atoms with Gasteiger partial charge in [0.05, 0.1) is 0 Å². The van der Waals surface area contributed by atoms with Crippen molar-refractivity contribution in [3.05, 3.63) is 47.5 Å². The summed E-state index contributed by atoms with van der Waals surface area (Å²) >= 11 is 0. The average molecular weight is 588 g/mol. The number of nitrogens with zero attached hydrogens (tertiary/aromatic N) is 1. The Labute approximate surface area is 259 Å². The van der Waals surface area contributed by atoms with Crippen LogP contribution in [-0.2, 0) is 25.8 Å². The lowest BCUT2D eigenvalue weighted by molar-refractivity contribution is -0.200. The van der Waals surface area contributed by atoms with E-state index in [2.05, 4.69) is 54.5 Å². The first kappa shape index (κ1) is 30.7. The summed E-state index contributed by atoms with van der Waals surface area (Å²) in [6.45, 7) is 16.3. The highest BCUT2D eigenvalue weighted by molar-refractivity contribution is 5.96. The summed E-state index contributed by atoms with van der Waals surface area (Å²) in [5.41, 5.74) is 1.05. The smallest absolute Gasteiger partial charge is 0.251 e. The molecule has 8 atom stereocenters. The van der Waals surface area contributed by atoms with Crippen molar-refractivity contribution >= 4 is 17.5 Å². The Kier molecular flexibility index (Phi) is 7.05. The van der Waals surface area contributed by atoms with Crippen molar-refractivity contribution in [3.63, 3.8) is 0 Å². The SMILES string of the molecule is CN(OCc1ccccc1)C(=O)[C@@]1(C)CC[C@]2(C)CC[C@]3(C)C(=CC(=O)[C@@H]4[C@@]5(C)CCC(=O)C(C)(C)C5CC[C@]43C)[C@@H]2C1. The normalized spacial score (nSPS) is 43.4. The minimum Gasteiger partial charge on any atom is -0.299 e. The molecule has 0 bridgehead atoms. The molecule has 5 nitrogen and oxygen atoms in total. The largest absolute Gasteiger partial charge is 0.299 e. The van der Waals surface area contributed by atoms with Gasteiger partial charge in [-0.3, -0.25) is 19.2 Å². The Bertz CT molecular complexity index is 1360. The summed E-state index contributed by atoms with van der Waals surface area (Å²) < 4.78 is 0. The van der Waals surface area contributed by atoms with Crippen LogP contribution < -0.4 is 0 Å². The van der Waals surface area contributed by atoms with Crippen LogP contribution in [0.25, 0.3) is 0 Å². The third-order valence-electron chi connectivity index (χ3n) is 14.4. The fraction of sp³-hybridized carbons (Fsp3) is 0.711. The van der Waals surface area contributed by atoms with Crippen LogP contribution >= 0.6 is 0 Å². The van der Waals surface area contributed by atoms with Gasteiger partial charge in [0, 0.05) is 30.2 Å². The number of Topliss-reactive ketones (excluding diaryl/α,β-unsaturated/α-hetero) is 1. The predicted octanol–water partition coefficient (Wildman–Crippen LogP) is 8.13. The topological polar surface area (TPSA) is 63.7 Å². The number of fused-ring (bicyclic) bond motifs is 7. The molecule has 1 amide bonds. The number of hydrogen-bond acceptors (Lipinski definition) is 4. The van der Waals surface area contributed by atoms with E-state index in [-0.39, 0.29) is 56.5 Å². The number of carbonyl (C=O) groups is 3. The maximum Gasteiger partial charge on any atom is 0.251 e. The van der Waals surface area contributed by atoms with Gasteiger partial charge >= 0.3 is 0 Å². The highest BCUT2D eigenvalue weighted by Crippen LogP contribution is 2.74. The number of hydrogen-bond donors (Lipinski definition) is 0. The lowest BCUT2D eigenvalue weighted by Crippen LogP contribution is -2.66. The summed E-state index contributed by atoms with van der Waals surface area (Å²) in [4.78, 5) is 47.6. The Hall–Kier alpha value is -2.27. The summed E-state index contributed by atoms with van der Waals surface area (Å²) in [5, 5.41) is 1.46. The summed E-state index contributed by atoms with van der Waals surface area (Å²) in [7, 11) is 1.75. The zero-order chi connectivity index (χ0) is 31.2. The van der Waals surface area contributed by atoms with Crippen LogP contribution in [0.4, 0.5) is 0 Å². The Morgan fingerprint density at radius 1 is 0.907 bits per heavy atom. The van der Waals surface area contributed by atoms with E-state index in [1.807, 2.05) is 30.3 Å². The Morgan fingerprint density at radius 2 is 1.58 bits per heavy atom. The molecule has 4 saturated carbocycles. The number of ketones is 2. The van der Waals surface area contributed by atoms with Gasteiger partial charge in [0.1, 0.15) is 12.4 Å². The van der Waals surface area contributed by atoms with E-state index < -0.39 is 5.41 Å². The van der Waals surface area contributed by atoms with E-state index in [1.165, 1.54) is 10.6 Å². The van der Waals surface area contributed by atoms with Gasteiger partial charge in [0.15, 0.2) is 5.78 Å². The number of hydroxylamine groups is 2. The van der Waals surface area contributed by atoms with Crippen LogP contribution in [0, 0.1) is 50.2 Å². The molecule has 5 heteroatoms. The van der Waals surface area contributed by atoms with Crippen molar-refractivity contribution in [2.75, 3.05) is 7.05 Å². The van der Waals surface area contributed by atoms with Gasteiger partial charge in [0.25, 0.3) is 5.91 Å². The van der Waals surface area contributed by atoms with E-state index in [0.29, 0.717) is 18.8 Å². The van der Waals surface area contributed by atoms with E-state index in [4.69, 9.17) is 4.84 Å². The maximum absolute atomic E-state index is 14.5. The summed E-state index contributed by atoms with van der Waals surface area (Å²) in [6, 6.07) is 9.96. The van der Waals surface area contributed by atoms with Crippen LogP contribution in [0.2, 0.25) is 0 Å². The molecule has 4 fully saturated rings. The lowest BCUT2D eigenvalue weighted by atomic mass is 9.33. The molecule has 0 heterocycles. The number of allylic oxidation sites excluding steroid dienone is 2. The van der Waals surface area contributed by atoms with Crippen molar-refractivity contribution in [2.45, 2.75) is 113 Å². The van der Waals surface area contributed by atoms with E-state index in [1.54, 1.807) is 7.05 Å². The minimum atomic E-state index is -0.549. The molecule has 0 N–H and O–H groups in total. The first-order valence-electron chi connectivity index (χ1n) is 16.8. The van der Waals surface area contributed by atoms with Crippen LogP contribution in [0.15, 0.2) is 42.0 Å². The van der Waals surface area contributed by atoms with Gasteiger partial charge in [-0.25, -0.2) is 5.06 Å². The van der Waals surface area contributed by atoms with E-state index in [9.17, 15) is 14.4 Å². The van der Waals surface area contributed by atoms with Crippen LogP contribution in [0.5, 0.6) is 0 Å². The maximum atomic E-state index is 14.5. The molecule has 0 aliphatic heterocycles. The molecule has 5 aliphatic carbocycles. The second kappa shape index (κ2) is 9.86. The van der Waals surface area contributed by atoms with Crippen LogP contribution in [-0.4, -0.2) is 29.6 Å². The minimum absolute atomic E-state index is 0.0340. The molecule has 234 valence electrons. The second-order valence-corrected chi connectivity index (χ2v) is 17.0. The highest BCUT2D eigenvalue weighted by atomic mass is 16.7. The first-order chi connectivity index (χ1) is 20.0. The van der Waals surface area contributed by atoms with Gasteiger partial charge in [-0.2, -0.15) is 0 Å². The van der Waals surface area contributed by atoms with Gasteiger partial charge < -0.3 is 0 Å². The second-order valence-electron chi connectivity index (χ2n) is 17.0. The van der Waals surface area contributed by atoms with Crippen LogP contribution in [0.3, 0.4) is 0 Å². The van der Waals surface area contributed by atoms with Gasteiger partial charge in [-0.05, 0) is 96.5 Å². The van der Waals surface area contributed by atoms with Crippen LogP contribution in [0.1, 0.15) is 112 Å². The van der Waals surface area contributed by atoms with Gasteiger partial charge in [-0.1, -0.05) is 84.4 Å². The molecular formula is C38H53NO4. The molecule has 0 radical (unpaired) electrons. The molecule has 1 unspecified atom stereocenters. The summed E-state index contributed by atoms with van der Waals surface area (Å²) in [6.07, 6.45) is 10.2. The Morgan fingerprint density at radius 3 is 2.28 bits per heavy atom. The van der Waals surface area contributed by atoms with E-state index >= 15 is 0 Å². The zero-order valence-corrected chi connectivity index (χ0v) is 27.8. The number of rotatable bonds is 4. The predicted molar refractivity (Wildman–Crippen MR) is 168 cm³/mol. The van der Waals surface area contributed by atoms with Gasteiger partial charge in [0.2, 0.25) is 0 Å². The first-order valence-corrected chi connectivity index (χ1v) is 16.8. The quantitative estimate of drug-likeness (QED) is 0.334. The standard InChI is InChI=1S/C38H53NO4/c1-33(2)29-14-17-38(7)31(36(29,5)16-15-30(33)41)28(40)22-26-27-23-35(4,19-18-34(27,3)20-21-37(26,38)6)32(42)39(8)43-24-25-12-10-9-11-13-25/h9-13,22,27,29,31H,14-21,23-24H2,1-8H3/t27-,29?,31+,34+,35-,36-,37+,38+/m0/s1. The highest BCUT2D eigenvalue weighted by Gasteiger charge is 2.70. The Balaban J connectivity index is 1.32. The fourth-order valence-corrected chi connectivity index (χ4v) is 11.4. The molecule has 1 aromatic rings. The van der Waals surface area contributed by atoms with E-state index in [0.717, 1.165) is 56.9 Å². The zero-order valence-electron chi connectivity index (χ0n) is 27.8. The average Bonchev–Trinajstić information content (AvgIpc) is 2.96. The number of benzene rings is 1. The summed E-state index contributed by atoms with van der Waals surface area (Å²) in [5.74, 6) is 1.02. The lowest BCUT2D eigenvalue weighted by Gasteiger charge is -2.70. The van der Waals surface area contributed by atoms with Crippen molar-refractivity contribution in [3.8, 4) is 0 Å². The number of amides is 1. The molecule has 43 heavy (non-hydrogen) atoms. The van der Waals surface area contributed by atoms with Crippen molar-refractivity contribution < 1.29 is 19.2 Å². The van der Waals surface area contributed by atoms with Gasteiger partial charge in [-0.15, -0.1) is 0 Å².